The first-order valence-electron chi connectivity index (χ1n) is 5.75. The largest absolute Gasteiger partial charge is 0.368 e. The lowest BCUT2D eigenvalue weighted by Gasteiger charge is -2.32. The molecular weight excluding hydrogens is 206 g/mol. The van der Waals surface area contributed by atoms with Crippen LogP contribution in [-0.2, 0) is 9.59 Å². The number of nitrogens with zero attached hydrogens (tertiary/aromatic N) is 1. The Morgan fingerprint density at radius 3 is 2.62 bits per heavy atom. The average Bonchev–Trinajstić information content (AvgIpc) is 2.64. The molecule has 1 saturated heterocycles. The second-order valence-corrected chi connectivity index (χ2v) is 4.71. The van der Waals surface area contributed by atoms with E-state index in [9.17, 15) is 9.59 Å². The summed E-state index contributed by atoms with van der Waals surface area (Å²) in [5, 5.41) is 3.11. The molecule has 1 aliphatic heterocycles. The predicted octanol–water partition coefficient (Wildman–Crippen LogP) is -0.149. The molecule has 0 aromatic rings. The maximum absolute atomic E-state index is 12.2. The van der Waals surface area contributed by atoms with Gasteiger partial charge in [-0.2, -0.15) is 0 Å². The maximum atomic E-state index is 12.2. The predicted molar refractivity (Wildman–Crippen MR) is 61.7 cm³/mol. The molecule has 16 heavy (non-hydrogen) atoms. The highest BCUT2D eigenvalue weighted by Crippen LogP contribution is 2.20. The number of hydrogen-bond acceptors (Lipinski definition) is 3. The molecule has 1 heterocycles. The fraction of sp³-hybridized carbons (Fsp3) is 0.818. The summed E-state index contributed by atoms with van der Waals surface area (Å²) in [6.07, 6.45) is 1.53. The average molecular weight is 227 g/mol. The first-order chi connectivity index (χ1) is 7.40. The molecule has 1 unspecified atom stereocenters. The second-order valence-electron chi connectivity index (χ2n) is 4.71. The van der Waals surface area contributed by atoms with Crippen molar-refractivity contribution in [2.45, 2.75) is 45.2 Å². The minimum absolute atomic E-state index is 0.0457. The van der Waals surface area contributed by atoms with Gasteiger partial charge in [0, 0.05) is 6.54 Å². The van der Waals surface area contributed by atoms with Gasteiger partial charge in [0.2, 0.25) is 11.8 Å². The van der Waals surface area contributed by atoms with Crippen LogP contribution in [0, 0.1) is 0 Å². The fourth-order valence-electron chi connectivity index (χ4n) is 2.18. The highest BCUT2D eigenvalue weighted by atomic mass is 16.2. The van der Waals surface area contributed by atoms with Gasteiger partial charge in [0.15, 0.2) is 0 Å². The van der Waals surface area contributed by atoms with Gasteiger partial charge in [-0.05, 0) is 33.2 Å². The smallest absolute Gasteiger partial charge is 0.242 e. The Hall–Kier alpha value is -1.10. The van der Waals surface area contributed by atoms with Crippen molar-refractivity contribution in [2.75, 3.05) is 13.1 Å². The fourth-order valence-corrected chi connectivity index (χ4v) is 2.18. The molecule has 0 bridgehead atoms. The molecule has 0 spiro atoms. The van der Waals surface area contributed by atoms with Crippen LogP contribution >= 0.6 is 0 Å². The molecular formula is C11H21N3O2. The van der Waals surface area contributed by atoms with E-state index in [0.717, 1.165) is 6.42 Å². The second kappa shape index (κ2) is 4.82. The lowest BCUT2D eigenvalue weighted by molar-refractivity contribution is -0.141. The number of primary amides is 1. The molecule has 5 nitrogen and oxygen atoms in total. The van der Waals surface area contributed by atoms with E-state index in [2.05, 4.69) is 5.32 Å². The minimum Gasteiger partial charge on any atom is -0.368 e. The molecule has 2 amide bonds. The number of nitrogens with one attached hydrogen (secondary N) is 1. The molecule has 0 aromatic heterocycles. The number of amides is 2. The van der Waals surface area contributed by atoms with E-state index in [-0.39, 0.29) is 5.91 Å². The lowest BCUT2D eigenvalue weighted by atomic mass is 10.0. The highest BCUT2D eigenvalue weighted by Gasteiger charge is 2.39. The summed E-state index contributed by atoms with van der Waals surface area (Å²) in [5.41, 5.74) is 4.66. The Morgan fingerprint density at radius 1 is 1.50 bits per heavy atom. The van der Waals surface area contributed by atoms with E-state index in [1.807, 2.05) is 20.8 Å². The van der Waals surface area contributed by atoms with Crippen molar-refractivity contribution in [2.24, 2.45) is 5.73 Å². The number of rotatable bonds is 4. The van der Waals surface area contributed by atoms with Gasteiger partial charge in [-0.1, -0.05) is 6.92 Å². The van der Waals surface area contributed by atoms with Gasteiger partial charge < -0.3 is 16.0 Å². The van der Waals surface area contributed by atoms with Crippen LogP contribution in [0.3, 0.4) is 0 Å². The Labute approximate surface area is 96.4 Å². The normalized spacial score (nSPS) is 21.2. The number of likely N-dealkylation sites (N-methyl/N-ethyl adjacent to an activating group) is 1. The van der Waals surface area contributed by atoms with Crippen molar-refractivity contribution in [1.29, 1.82) is 0 Å². The van der Waals surface area contributed by atoms with Crippen LogP contribution in [0.5, 0.6) is 0 Å². The molecule has 0 aliphatic carbocycles. The standard InChI is InChI=1S/C11H21N3O2/c1-4-13-11(2,3)10(16)14-7-5-6-8(14)9(12)15/h8,13H,4-7H2,1-3H3,(H2,12,15). The molecule has 92 valence electrons. The molecule has 0 saturated carbocycles. The van der Waals surface area contributed by atoms with Crippen molar-refractivity contribution in [3.05, 3.63) is 0 Å². The lowest BCUT2D eigenvalue weighted by Crippen LogP contribution is -2.57. The molecule has 3 N–H and O–H groups in total. The summed E-state index contributed by atoms with van der Waals surface area (Å²) >= 11 is 0. The van der Waals surface area contributed by atoms with Gasteiger partial charge in [0.05, 0.1) is 5.54 Å². The van der Waals surface area contributed by atoms with Crippen LogP contribution in [0.2, 0.25) is 0 Å². The van der Waals surface area contributed by atoms with E-state index in [4.69, 9.17) is 5.73 Å². The van der Waals surface area contributed by atoms with Crippen molar-refractivity contribution < 1.29 is 9.59 Å². The van der Waals surface area contributed by atoms with Crippen molar-refractivity contribution >= 4 is 11.8 Å². The monoisotopic (exact) mass is 227 g/mol. The highest BCUT2D eigenvalue weighted by molar-refractivity contribution is 5.91. The topological polar surface area (TPSA) is 75.4 Å². The van der Waals surface area contributed by atoms with Crippen LogP contribution in [0.15, 0.2) is 0 Å². The van der Waals surface area contributed by atoms with Gasteiger partial charge in [-0.3, -0.25) is 9.59 Å². The number of carbonyl (C=O) groups is 2. The van der Waals surface area contributed by atoms with Gasteiger partial charge >= 0.3 is 0 Å². The van der Waals surface area contributed by atoms with Gasteiger partial charge in [0.1, 0.15) is 6.04 Å². The Balaban J connectivity index is 2.76. The van der Waals surface area contributed by atoms with E-state index in [1.54, 1.807) is 4.90 Å². The molecule has 1 rings (SSSR count). The number of carbonyl (C=O) groups excluding carboxylic acids is 2. The van der Waals surface area contributed by atoms with Crippen molar-refractivity contribution in [3.8, 4) is 0 Å². The van der Waals surface area contributed by atoms with Gasteiger partial charge in [0.25, 0.3) is 0 Å². The molecule has 1 aliphatic rings. The Morgan fingerprint density at radius 2 is 2.12 bits per heavy atom. The van der Waals surface area contributed by atoms with Crippen molar-refractivity contribution in [3.63, 3.8) is 0 Å². The summed E-state index contributed by atoms with van der Waals surface area (Å²) in [4.78, 5) is 25.0. The minimum atomic E-state index is -0.632. The van der Waals surface area contributed by atoms with Gasteiger partial charge in [-0.25, -0.2) is 0 Å². The number of likely N-dealkylation sites (tertiary alicyclic amines) is 1. The molecule has 0 aromatic carbocycles. The third-order valence-electron chi connectivity index (χ3n) is 3.00. The third kappa shape index (κ3) is 2.52. The van der Waals surface area contributed by atoms with Gasteiger partial charge in [-0.15, -0.1) is 0 Å². The van der Waals surface area contributed by atoms with Crippen LogP contribution in [-0.4, -0.2) is 41.4 Å². The zero-order valence-electron chi connectivity index (χ0n) is 10.2. The SMILES string of the molecule is CCNC(C)(C)C(=O)N1CCCC1C(N)=O. The first kappa shape index (κ1) is 13.0. The van der Waals surface area contributed by atoms with E-state index in [1.165, 1.54) is 0 Å². The zero-order chi connectivity index (χ0) is 12.3. The maximum Gasteiger partial charge on any atom is 0.242 e. The summed E-state index contributed by atoms with van der Waals surface area (Å²) in [6.45, 7) is 6.95. The van der Waals surface area contributed by atoms with E-state index < -0.39 is 17.5 Å². The van der Waals surface area contributed by atoms with Crippen LogP contribution < -0.4 is 11.1 Å². The van der Waals surface area contributed by atoms with E-state index >= 15 is 0 Å². The summed E-state index contributed by atoms with van der Waals surface area (Å²) in [6, 6.07) is -0.426. The number of hydrogen-bond donors (Lipinski definition) is 2. The van der Waals surface area contributed by atoms with E-state index in [0.29, 0.717) is 19.5 Å². The van der Waals surface area contributed by atoms with Crippen LogP contribution in [0.25, 0.3) is 0 Å². The quantitative estimate of drug-likeness (QED) is 0.701. The number of nitrogens with two attached hydrogens (primary N) is 1. The first-order valence-corrected chi connectivity index (χ1v) is 5.75. The molecule has 1 atom stereocenters. The summed E-state index contributed by atoms with van der Waals surface area (Å²) in [5.74, 6) is -0.450. The Bertz CT molecular complexity index is 289. The Kier molecular flexibility index (Phi) is 3.91. The molecule has 1 fully saturated rings. The molecule has 0 radical (unpaired) electrons. The summed E-state index contributed by atoms with van der Waals surface area (Å²) in [7, 11) is 0. The third-order valence-corrected chi connectivity index (χ3v) is 3.00. The zero-order valence-corrected chi connectivity index (χ0v) is 10.2. The van der Waals surface area contributed by atoms with Crippen molar-refractivity contribution in [1.82, 2.24) is 10.2 Å². The van der Waals surface area contributed by atoms with Crippen LogP contribution in [0.4, 0.5) is 0 Å². The summed E-state index contributed by atoms with van der Waals surface area (Å²) < 4.78 is 0. The molecule has 5 heteroatoms. The van der Waals surface area contributed by atoms with Crippen LogP contribution in [0.1, 0.15) is 33.6 Å².